The quantitative estimate of drug-likeness (QED) is 0.0273. The molecule has 52 heavy (non-hydrogen) atoms. The number of carbonyl (C=O) groups is 4. The van der Waals surface area contributed by atoms with E-state index in [0.29, 0.717) is 6.42 Å². The Balaban J connectivity index is 1.68. The summed E-state index contributed by atoms with van der Waals surface area (Å²) in [7, 11) is 0. The molecule has 9 heteroatoms. The van der Waals surface area contributed by atoms with E-state index in [-0.39, 0.29) is 19.3 Å². The van der Waals surface area contributed by atoms with E-state index >= 15 is 0 Å². The first-order valence-corrected chi connectivity index (χ1v) is 18.7. The Morgan fingerprint density at radius 1 is 0.808 bits per heavy atom. The Hall–Kier alpha value is -4.24. The van der Waals surface area contributed by atoms with Crippen molar-refractivity contribution in [1.29, 1.82) is 0 Å². The summed E-state index contributed by atoms with van der Waals surface area (Å²) in [5.74, 6) is 4.64. The molecule has 0 bridgehead atoms. The predicted molar refractivity (Wildman–Crippen MR) is 200 cm³/mol. The van der Waals surface area contributed by atoms with E-state index < -0.39 is 60.5 Å². The van der Waals surface area contributed by atoms with Crippen LogP contribution in [0.15, 0.2) is 42.5 Å². The molecule has 0 spiro atoms. The lowest BCUT2D eigenvalue weighted by molar-refractivity contribution is -0.175. The van der Waals surface area contributed by atoms with Gasteiger partial charge in [-0.2, -0.15) is 0 Å². The molecule has 1 aromatic carbocycles. The van der Waals surface area contributed by atoms with Crippen molar-refractivity contribution < 1.29 is 42.9 Å². The fraction of sp³-hybridized carbons (Fsp3) is 0.628. The van der Waals surface area contributed by atoms with Gasteiger partial charge in [-0.15, -0.1) is 24.7 Å². The number of hydrogen-bond acceptors (Lipinski definition) is 9. The monoisotopic (exact) mass is 720 g/mol. The average Bonchev–Trinajstić information content (AvgIpc) is 3.54. The maximum Gasteiger partial charge on any atom is 0.511 e. The van der Waals surface area contributed by atoms with Crippen LogP contribution in [0.25, 0.3) is 0 Å². The predicted octanol–water partition coefficient (Wildman–Crippen LogP) is 8.92. The Bertz CT molecular complexity index is 1360. The molecular weight excluding hydrogens is 660 g/mol. The van der Waals surface area contributed by atoms with Crippen molar-refractivity contribution >= 4 is 24.1 Å². The van der Waals surface area contributed by atoms with Gasteiger partial charge in [0.1, 0.15) is 13.2 Å². The van der Waals surface area contributed by atoms with Crippen molar-refractivity contribution in [3.8, 4) is 24.7 Å². The van der Waals surface area contributed by atoms with Crippen LogP contribution in [0, 0.1) is 47.4 Å². The Morgan fingerprint density at radius 2 is 1.46 bits per heavy atom. The molecule has 286 valence electrons. The van der Waals surface area contributed by atoms with Gasteiger partial charge in [-0.1, -0.05) is 74.6 Å². The number of terminal acetylenes is 2. The number of esters is 3. The first kappa shape index (κ1) is 43.9. The molecule has 1 aromatic rings. The van der Waals surface area contributed by atoms with Crippen molar-refractivity contribution in [3.63, 3.8) is 0 Å². The van der Waals surface area contributed by atoms with Gasteiger partial charge in [-0.05, 0) is 83.6 Å². The molecule has 0 aliphatic heterocycles. The number of unbranched alkanes of at least 4 members (excludes halogenated alkanes) is 3. The highest BCUT2D eigenvalue weighted by atomic mass is 16.8. The van der Waals surface area contributed by atoms with Crippen molar-refractivity contribution in [2.24, 2.45) is 22.7 Å². The number of carbonyl (C=O) groups excluding carboxylic acids is 4. The van der Waals surface area contributed by atoms with Crippen molar-refractivity contribution in [1.82, 2.24) is 0 Å². The first-order valence-electron chi connectivity index (χ1n) is 18.7. The van der Waals surface area contributed by atoms with E-state index in [2.05, 4.69) is 54.3 Å². The molecule has 1 fully saturated rings. The fourth-order valence-electron chi connectivity index (χ4n) is 6.16. The van der Waals surface area contributed by atoms with E-state index in [1.54, 1.807) is 27.7 Å². The molecule has 0 radical (unpaired) electrons. The van der Waals surface area contributed by atoms with Crippen LogP contribution in [0.2, 0.25) is 0 Å². The van der Waals surface area contributed by atoms with Crippen LogP contribution in [-0.4, -0.2) is 49.7 Å². The Labute approximate surface area is 311 Å². The molecule has 4 atom stereocenters. The summed E-state index contributed by atoms with van der Waals surface area (Å²) in [5, 5.41) is 0. The summed E-state index contributed by atoms with van der Waals surface area (Å²) in [6, 6.07) is 10.7. The van der Waals surface area contributed by atoms with Gasteiger partial charge < -0.3 is 23.7 Å². The number of ether oxygens (including phenoxy) is 5. The zero-order chi connectivity index (χ0) is 38.4. The normalized spacial score (nSPS) is 17.0. The molecule has 1 saturated carbocycles. The van der Waals surface area contributed by atoms with Crippen LogP contribution in [0.5, 0.6) is 0 Å². The van der Waals surface area contributed by atoms with E-state index in [1.807, 2.05) is 0 Å². The molecule has 0 heterocycles. The maximum atomic E-state index is 12.7. The van der Waals surface area contributed by atoms with E-state index in [9.17, 15) is 19.2 Å². The van der Waals surface area contributed by atoms with Crippen LogP contribution in [0.3, 0.4) is 0 Å². The van der Waals surface area contributed by atoms with Gasteiger partial charge in [0, 0.05) is 26.2 Å². The highest BCUT2D eigenvalue weighted by molar-refractivity contribution is 5.77. The number of aryl methyl sites for hydroxylation is 1. The zero-order valence-corrected chi connectivity index (χ0v) is 32.0. The second kappa shape index (κ2) is 23.3. The van der Waals surface area contributed by atoms with Crippen molar-refractivity contribution in [2.45, 2.75) is 137 Å². The molecule has 1 aliphatic rings. The van der Waals surface area contributed by atoms with Crippen molar-refractivity contribution in [3.05, 3.63) is 48.0 Å². The van der Waals surface area contributed by atoms with Crippen LogP contribution in [-0.2, 0) is 44.5 Å². The lowest BCUT2D eigenvalue weighted by atomic mass is 9.88. The zero-order valence-electron chi connectivity index (χ0n) is 32.0. The van der Waals surface area contributed by atoms with E-state index in [1.165, 1.54) is 57.4 Å². The second-order valence-corrected chi connectivity index (χ2v) is 15.0. The van der Waals surface area contributed by atoms with E-state index in [0.717, 1.165) is 31.1 Å². The Morgan fingerprint density at radius 3 is 2.15 bits per heavy atom. The molecular formula is C43H60O9. The minimum atomic E-state index is -1.20. The van der Waals surface area contributed by atoms with Crippen LogP contribution in [0.4, 0.5) is 4.79 Å². The van der Waals surface area contributed by atoms with E-state index in [4.69, 9.17) is 36.5 Å². The third-order valence-corrected chi connectivity index (χ3v) is 9.37. The van der Waals surface area contributed by atoms with Crippen LogP contribution in [0.1, 0.15) is 124 Å². The number of benzene rings is 1. The smallest absolute Gasteiger partial charge is 0.461 e. The molecule has 0 saturated heterocycles. The van der Waals surface area contributed by atoms with Gasteiger partial charge in [0.05, 0.1) is 10.8 Å². The Kier molecular flexibility index (Phi) is 19.7. The van der Waals surface area contributed by atoms with Gasteiger partial charge in [-0.25, -0.2) is 4.79 Å². The molecule has 2 rings (SSSR count). The van der Waals surface area contributed by atoms with Crippen LogP contribution < -0.4 is 0 Å². The minimum absolute atomic E-state index is 0.104. The molecule has 9 nitrogen and oxygen atoms in total. The molecule has 0 amide bonds. The van der Waals surface area contributed by atoms with Gasteiger partial charge >= 0.3 is 24.1 Å². The SMILES string of the molecule is C#CCC(C)(C)C(=O)OCC(COC(=O)OC(C)OC(=O)CCC/C=C\C[C@H]1CCC[C@@H]1CCCCCc1ccccc1)OC(=O)C(C)(C)CC#C. The molecule has 0 N–H and O–H groups in total. The van der Waals surface area contributed by atoms with Gasteiger partial charge in [0.2, 0.25) is 6.29 Å². The lowest BCUT2D eigenvalue weighted by Crippen LogP contribution is -2.38. The highest BCUT2D eigenvalue weighted by Crippen LogP contribution is 2.37. The lowest BCUT2D eigenvalue weighted by Gasteiger charge is -2.26. The number of allylic oxidation sites excluding steroid dienone is 2. The topological polar surface area (TPSA) is 114 Å². The molecule has 0 aromatic heterocycles. The second-order valence-electron chi connectivity index (χ2n) is 15.0. The summed E-state index contributed by atoms with van der Waals surface area (Å²) in [5.41, 5.74) is -0.573. The standard InChI is InChI=1S/C43H60O9/c1-8-29-42(4,5)39(45)48-31-37(52-40(46)43(6,7)30-9-2)32-49-41(47)51-33(3)50-38(44)28-19-11-10-17-24-35-26-20-27-36(35)25-18-13-16-23-34-21-14-12-15-22-34/h1-2,10,12,14-15,17,21-22,33,35-37H,11,13,16,18-20,23-32H2,3-7H3/b17-10-/t33?,35-,36-,37?/m0/s1. The summed E-state index contributed by atoms with van der Waals surface area (Å²) < 4.78 is 26.2. The summed E-state index contributed by atoms with van der Waals surface area (Å²) >= 11 is 0. The summed E-state index contributed by atoms with van der Waals surface area (Å²) in [6.45, 7) is 6.99. The van der Waals surface area contributed by atoms with Crippen molar-refractivity contribution in [2.75, 3.05) is 13.2 Å². The first-order chi connectivity index (χ1) is 24.8. The highest BCUT2D eigenvalue weighted by Gasteiger charge is 2.34. The summed E-state index contributed by atoms with van der Waals surface area (Å²) in [4.78, 5) is 50.0. The molecule has 2 unspecified atom stereocenters. The number of rotatable bonds is 23. The summed E-state index contributed by atoms with van der Waals surface area (Å²) in [6.07, 6.45) is 24.7. The van der Waals surface area contributed by atoms with Gasteiger partial charge in [0.15, 0.2) is 6.10 Å². The minimum Gasteiger partial charge on any atom is -0.461 e. The third kappa shape index (κ3) is 17.3. The van der Waals surface area contributed by atoms with Gasteiger partial charge in [-0.3, -0.25) is 14.4 Å². The number of hydrogen-bond donors (Lipinski definition) is 0. The maximum absolute atomic E-state index is 12.7. The van der Waals surface area contributed by atoms with Crippen LogP contribution >= 0.6 is 0 Å². The van der Waals surface area contributed by atoms with Gasteiger partial charge in [0.25, 0.3) is 0 Å². The fourth-order valence-corrected chi connectivity index (χ4v) is 6.16. The largest absolute Gasteiger partial charge is 0.511 e. The third-order valence-electron chi connectivity index (χ3n) is 9.37. The molecule has 1 aliphatic carbocycles. The average molecular weight is 721 g/mol.